The molecule has 2 nitrogen and oxygen atoms in total. The molecule has 18 heavy (non-hydrogen) atoms. The van der Waals surface area contributed by atoms with E-state index in [1.165, 1.54) is 32.1 Å². The highest BCUT2D eigenvalue weighted by molar-refractivity contribution is 7.80. The Morgan fingerprint density at radius 2 is 1.94 bits per heavy atom. The van der Waals surface area contributed by atoms with Crippen molar-refractivity contribution in [1.82, 2.24) is 5.32 Å². The molecular formula is C15H21NOS. The Morgan fingerprint density at radius 1 is 1.28 bits per heavy atom. The number of amides is 1. The van der Waals surface area contributed by atoms with E-state index in [2.05, 4.69) is 24.9 Å². The lowest BCUT2D eigenvalue weighted by atomic mass is 9.76. The highest BCUT2D eigenvalue weighted by atomic mass is 32.1. The first kappa shape index (κ1) is 13.5. The van der Waals surface area contributed by atoms with Gasteiger partial charge in [0.25, 0.3) is 5.91 Å². The molecule has 1 saturated carbocycles. The van der Waals surface area contributed by atoms with Crippen LogP contribution in [-0.4, -0.2) is 12.5 Å². The van der Waals surface area contributed by atoms with Gasteiger partial charge < -0.3 is 5.32 Å². The standard InChI is InChI=1S/C15H21NOS/c1-15(9-5-2-6-10-15)11-16-14(17)12-7-3-4-8-13(12)18/h3-4,7-8,18H,2,5-6,9-11H2,1H3,(H,16,17). The van der Waals surface area contributed by atoms with Gasteiger partial charge in [0.05, 0.1) is 5.56 Å². The molecule has 0 saturated heterocycles. The van der Waals surface area contributed by atoms with Gasteiger partial charge in [0, 0.05) is 11.4 Å². The molecule has 3 heteroatoms. The monoisotopic (exact) mass is 263 g/mol. The van der Waals surface area contributed by atoms with Crippen molar-refractivity contribution in [1.29, 1.82) is 0 Å². The van der Waals surface area contributed by atoms with Crippen LogP contribution >= 0.6 is 12.6 Å². The number of hydrogen-bond acceptors (Lipinski definition) is 2. The maximum absolute atomic E-state index is 12.1. The van der Waals surface area contributed by atoms with Gasteiger partial charge in [-0.05, 0) is 30.4 Å². The molecule has 1 aromatic carbocycles. The van der Waals surface area contributed by atoms with Gasteiger partial charge in [-0.25, -0.2) is 0 Å². The molecule has 1 fully saturated rings. The second kappa shape index (κ2) is 5.79. The number of thiol groups is 1. The van der Waals surface area contributed by atoms with Crippen LogP contribution in [0.25, 0.3) is 0 Å². The minimum absolute atomic E-state index is 0.00704. The summed E-state index contributed by atoms with van der Waals surface area (Å²) in [5, 5.41) is 3.06. The fourth-order valence-electron chi connectivity index (χ4n) is 2.64. The van der Waals surface area contributed by atoms with Crippen LogP contribution in [0.1, 0.15) is 49.4 Å². The molecular weight excluding hydrogens is 242 g/mol. The molecule has 98 valence electrons. The van der Waals surface area contributed by atoms with Gasteiger partial charge in [-0.2, -0.15) is 0 Å². The summed E-state index contributed by atoms with van der Waals surface area (Å²) < 4.78 is 0. The molecule has 0 unspecified atom stereocenters. The van der Waals surface area contributed by atoms with Gasteiger partial charge in [-0.3, -0.25) is 4.79 Å². The molecule has 1 aliphatic carbocycles. The molecule has 1 aromatic rings. The first-order valence-electron chi connectivity index (χ1n) is 6.67. The van der Waals surface area contributed by atoms with E-state index in [9.17, 15) is 4.79 Å². The predicted octanol–water partition coefficient (Wildman–Crippen LogP) is 3.68. The SMILES string of the molecule is CC1(CNC(=O)c2ccccc2S)CCCCC1. The molecule has 0 aromatic heterocycles. The lowest BCUT2D eigenvalue weighted by molar-refractivity contribution is 0.0916. The molecule has 0 aliphatic heterocycles. The van der Waals surface area contributed by atoms with Crippen molar-refractivity contribution in [3.8, 4) is 0 Å². The van der Waals surface area contributed by atoms with Gasteiger partial charge in [0.15, 0.2) is 0 Å². The highest BCUT2D eigenvalue weighted by Gasteiger charge is 2.27. The summed E-state index contributed by atoms with van der Waals surface area (Å²) in [4.78, 5) is 12.8. The van der Waals surface area contributed by atoms with Crippen LogP contribution in [-0.2, 0) is 0 Å². The molecule has 1 amide bonds. The van der Waals surface area contributed by atoms with E-state index in [1.54, 1.807) is 0 Å². The van der Waals surface area contributed by atoms with Crippen LogP contribution in [0.15, 0.2) is 29.2 Å². The smallest absolute Gasteiger partial charge is 0.252 e. The molecule has 2 rings (SSSR count). The number of hydrogen-bond donors (Lipinski definition) is 2. The number of carbonyl (C=O) groups is 1. The molecule has 1 aliphatic rings. The van der Waals surface area contributed by atoms with E-state index in [-0.39, 0.29) is 11.3 Å². The Morgan fingerprint density at radius 3 is 2.61 bits per heavy atom. The Bertz CT molecular complexity index is 424. The van der Waals surface area contributed by atoms with Crippen molar-refractivity contribution in [2.75, 3.05) is 6.54 Å². The Hall–Kier alpha value is -0.960. The van der Waals surface area contributed by atoms with Crippen LogP contribution in [0.2, 0.25) is 0 Å². The average molecular weight is 263 g/mol. The quantitative estimate of drug-likeness (QED) is 0.800. The lowest BCUT2D eigenvalue weighted by Gasteiger charge is -2.33. The van der Waals surface area contributed by atoms with Crippen LogP contribution in [0.3, 0.4) is 0 Å². The van der Waals surface area contributed by atoms with Gasteiger partial charge in [0.2, 0.25) is 0 Å². The number of rotatable bonds is 3. The largest absolute Gasteiger partial charge is 0.351 e. The minimum Gasteiger partial charge on any atom is -0.351 e. The summed E-state index contributed by atoms with van der Waals surface area (Å²) in [6.07, 6.45) is 6.35. The van der Waals surface area contributed by atoms with E-state index in [0.29, 0.717) is 5.56 Å². The van der Waals surface area contributed by atoms with Crippen molar-refractivity contribution in [3.05, 3.63) is 29.8 Å². The normalized spacial score (nSPS) is 18.3. The zero-order valence-electron chi connectivity index (χ0n) is 10.9. The van der Waals surface area contributed by atoms with Gasteiger partial charge in [-0.1, -0.05) is 38.3 Å². The predicted molar refractivity (Wildman–Crippen MR) is 77.2 cm³/mol. The molecule has 0 radical (unpaired) electrons. The Balaban J connectivity index is 1.94. The molecule has 0 atom stereocenters. The average Bonchev–Trinajstić information content (AvgIpc) is 2.38. The Kier molecular flexibility index (Phi) is 4.33. The van der Waals surface area contributed by atoms with Crippen molar-refractivity contribution >= 4 is 18.5 Å². The summed E-state index contributed by atoms with van der Waals surface area (Å²) in [5.74, 6) is -0.00704. The third-order valence-electron chi connectivity index (χ3n) is 3.89. The summed E-state index contributed by atoms with van der Waals surface area (Å²) in [6.45, 7) is 3.05. The summed E-state index contributed by atoms with van der Waals surface area (Å²) >= 11 is 4.32. The number of nitrogens with one attached hydrogen (secondary N) is 1. The van der Waals surface area contributed by atoms with E-state index in [0.717, 1.165) is 11.4 Å². The Labute approximate surface area is 115 Å². The van der Waals surface area contributed by atoms with E-state index in [1.807, 2.05) is 24.3 Å². The second-order valence-corrected chi connectivity index (χ2v) is 6.05. The molecule has 0 bridgehead atoms. The molecule has 0 heterocycles. The first-order chi connectivity index (χ1) is 8.61. The fourth-order valence-corrected chi connectivity index (χ4v) is 2.90. The van der Waals surface area contributed by atoms with E-state index in [4.69, 9.17) is 0 Å². The van der Waals surface area contributed by atoms with Gasteiger partial charge in [-0.15, -0.1) is 12.6 Å². The molecule has 0 spiro atoms. The van der Waals surface area contributed by atoms with Gasteiger partial charge >= 0.3 is 0 Å². The topological polar surface area (TPSA) is 29.1 Å². The van der Waals surface area contributed by atoms with Gasteiger partial charge in [0.1, 0.15) is 0 Å². The summed E-state index contributed by atoms with van der Waals surface area (Å²) in [7, 11) is 0. The third-order valence-corrected chi connectivity index (χ3v) is 4.28. The van der Waals surface area contributed by atoms with Crippen molar-refractivity contribution in [2.24, 2.45) is 5.41 Å². The maximum atomic E-state index is 12.1. The summed E-state index contributed by atoms with van der Waals surface area (Å²) in [6, 6.07) is 7.43. The lowest BCUT2D eigenvalue weighted by Crippen LogP contribution is -2.37. The zero-order valence-corrected chi connectivity index (χ0v) is 11.8. The summed E-state index contributed by atoms with van der Waals surface area (Å²) in [5.41, 5.74) is 0.944. The number of benzene rings is 1. The maximum Gasteiger partial charge on any atom is 0.252 e. The van der Waals surface area contributed by atoms with Crippen molar-refractivity contribution in [3.63, 3.8) is 0 Å². The van der Waals surface area contributed by atoms with Crippen LogP contribution in [0, 0.1) is 5.41 Å². The minimum atomic E-state index is -0.00704. The second-order valence-electron chi connectivity index (χ2n) is 5.57. The van der Waals surface area contributed by atoms with E-state index < -0.39 is 0 Å². The fraction of sp³-hybridized carbons (Fsp3) is 0.533. The number of carbonyl (C=O) groups excluding carboxylic acids is 1. The first-order valence-corrected chi connectivity index (χ1v) is 7.12. The van der Waals surface area contributed by atoms with Crippen molar-refractivity contribution in [2.45, 2.75) is 43.9 Å². The van der Waals surface area contributed by atoms with Crippen molar-refractivity contribution < 1.29 is 4.79 Å². The molecule has 1 N–H and O–H groups in total. The van der Waals surface area contributed by atoms with Crippen LogP contribution in [0.5, 0.6) is 0 Å². The third kappa shape index (κ3) is 3.29. The highest BCUT2D eigenvalue weighted by Crippen LogP contribution is 2.35. The van der Waals surface area contributed by atoms with E-state index >= 15 is 0 Å². The van der Waals surface area contributed by atoms with Crippen LogP contribution in [0.4, 0.5) is 0 Å². The van der Waals surface area contributed by atoms with Crippen LogP contribution < -0.4 is 5.32 Å². The zero-order chi connectivity index (χ0) is 13.0.